The molecule has 3 nitrogen and oxygen atoms in total. The molecule has 2 N–H and O–H groups in total. The first-order valence-corrected chi connectivity index (χ1v) is 4.87. The lowest BCUT2D eigenvalue weighted by molar-refractivity contribution is 0.552. The summed E-state index contributed by atoms with van der Waals surface area (Å²) < 4.78 is 2.00. The minimum Gasteiger partial charge on any atom is -0.393 e. The lowest BCUT2D eigenvalue weighted by Crippen LogP contribution is -2.08. The molecular weight excluding hydrogens is 182 g/mol. The van der Waals surface area contributed by atoms with E-state index in [9.17, 15) is 0 Å². The van der Waals surface area contributed by atoms with Crippen molar-refractivity contribution >= 4 is 17.2 Å². The summed E-state index contributed by atoms with van der Waals surface area (Å²) in [7, 11) is 0. The number of hydrogen-bond donors (Lipinski definition) is 1. The van der Waals surface area contributed by atoms with Gasteiger partial charge in [-0.15, -0.1) is 0 Å². The number of thiocarbonyl (C=S) groups is 1. The molecule has 0 aliphatic heterocycles. The van der Waals surface area contributed by atoms with Crippen LogP contribution in [0.15, 0.2) is 12.3 Å². The molecule has 0 unspecified atom stereocenters. The fourth-order valence-electron chi connectivity index (χ4n) is 1.19. The van der Waals surface area contributed by atoms with Crippen molar-refractivity contribution in [2.75, 3.05) is 0 Å². The number of unbranched alkanes of at least 4 members (excludes halogenated alkanes) is 1. The zero-order chi connectivity index (χ0) is 9.68. The Labute approximate surface area is 83.9 Å². The van der Waals surface area contributed by atoms with E-state index < -0.39 is 0 Å². The summed E-state index contributed by atoms with van der Waals surface area (Å²) in [5.74, 6) is 0. The van der Waals surface area contributed by atoms with Crippen molar-refractivity contribution in [1.29, 1.82) is 0 Å². The Morgan fingerprint density at radius 3 is 2.92 bits per heavy atom. The average molecular weight is 197 g/mol. The van der Waals surface area contributed by atoms with Gasteiger partial charge in [-0.1, -0.05) is 12.2 Å². The molecule has 72 valence electrons. The molecule has 0 bridgehead atoms. The van der Waals surface area contributed by atoms with E-state index in [-0.39, 0.29) is 0 Å². The van der Waals surface area contributed by atoms with Gasteiger partial charge >= 0.3 is 0 Å². The first-order valence-electron chi connectivity index (χ1n) is 4.47. The van der Waals surface area contributed by atoms with Crippen molar-refractivity contribution in [3.63, 3.8) is 0 Å². The van der Waals surface area contributed by atoms with Gasteiger partial charge in [-0.2, -0.15) is 5.10 Å². The summed E-state index contributed by atoms with van der Waals surface area (Å²) in [4.78, 5) is 0.609. The number of aromatic nitrogens is 2. The number of aryl methyl sites for hydroxylation is 2. The summed E-state index contributed by atoms with van der Waals surface area (Å²) in [6, 6.07) is 2.01. The molecule has 0 aliphatic carbocycles. The van der Waals surface area contributed by atoms with E-state index in [0.717, 1.165) is 25.8 Å². The summed E-state index contributed by atoms with van der Waals surface area (Å²) in [6.45, 7) is 3.02. The Hall–Kier alpha value is -0.900. The molecule has 0 radical (unpaired) electrons. The van der Waals surface area contributed by atoms with Crippen molar-refractivity contribution in [2.24, 2.45) is 5.73 Å². The first-order chi connectivity index (χ1) is 6.20. The third-order valence-electron chi connectivity index (χ3n) is 1.97. The van der Waals surface area contributed by atoms with Crippen molar-refractivity contribution in [3.8, 4) is 0 Å². The normalized spacial score (nSPS) is 10.2. The smallest absolute Gasteiger partial charge is 0.0727 e. The van der Waals surface area contributed by atoms with Gasteiger partial charge in [0.2, 0.25) is 0 Å². The molecule has 1 rings (SSSR count). The zero-order valence-electron chi connectivity index (χ0n) is 7.86. The van der Waals surface area contributed by atoms with Crippen LogP contribution in [0.2, 0.25) is 0 Å². The SMILES string of the molecule is Cc1ccnn1CCCCC(N)=S. The van der Waals surface area contributed by atoms with E-state index in [1.165, 1.54) is 5.69 Å². The molecule has 0 fully saturated rings. The van der Waals surface area contributed by atoms with Crippen molar-refractivity contribution in [3.05, 3.63) is 18.0 Å². The van der Waals surface area contributed by atoms with Gasteiger partial charge in [0.25, 0.3) is 0 Å². The van der Waals surface area contributed by atoms with Crippen LogP contribution in [0.3, 0.4) is 0 Å². The Morgan fingerprint density at radius 2 is 2.38 bits per heavy atom. The van der Waals surface area contributed by atoms with Crippen molar-refractivity contribution in [1.82, 2.24) is 9.78 Å². The van der Waals surface area contributed by atoms with E-state index in [0.29, 0.717) is 4.99 Å². The van der Waals surface area contributed by atoms with E-state index in [1.54, 1.807) is 0 Å². The van der Waals surface area contributed by atoms with Gasteiger partial charge in [-0.3, -0.25) is 4.68 Å². The molecule has 1 heterocycles. The van der Waals surface area contributed by atoms with Crippen LogP contribution < -0.4 is 5.73 Å². The second-order valence-electron chi connectivity index (χ2n) is 3.12. The van der Waals surface area contributed by atoms with Crippen LogP contribution in [0, 0.1) is 6.92 Å². The van der Waals surface area contributed by atoms with Gasteiger partial charge in [0.05, 0.1) is 4.99 Å². The molecule has 0 saturated carbocycles. The Morgan fingerprint density at radius 1 is 1.62 bits per heavy atom. The largest absolute Gasteiger partial charge is 0.393 e. The number of hydrogen-bond acceptors (Lipinski definition) is 2. The van der Waals surface area contributed by atoms with Gasteiger partial charge in [0, 0.05) is 18.4 Å². The van der Waals surface area contributed by atoms with Crippen LogP contribution in [-0.4, -0.2) is 14.8 Å². The fourth-order valence-corrected chi connectivity index (χ4v) is 1.34. The van der Waals surface area contributed by atoms with Gasteiger partial charge in [0.15, 0.2) is 0 Å². The summed E-state index contributed by atoms with van der Waals surface area (Å²) >= 11 is 4.79. The third-order valence-corrected chi connectivity index (χ3v) is 2.18. The van der Waals surface area contributed by atoms with Crippen molar-refractivity contribution < 1.29 is 0 Å². The van der Waals surface area contributed by atoms with Crippen LogP contribution in [0.4, 0.5) is 0 Å². The maximum absolute atomic E-state index is 5.39. The highest BCUT2D eigenvalue weighted by Gasteiger charge is 1.96. The van der Waals surface area contributed by atoms with Crippen LogP contribution in [0.5, 0.6) is 0 Å². The number of rotatable bonds is 5. The second-order valence-corrected chi connectivity index (χ2v) is 3.64. The maximum atomic E-state index is 5.39. The van der Waals surface area contributed by atoms with E-state index >= 15 is 0 Å². The van der Waals surface area contributed by atoms with Gasteiger partial charge < -0.3 is 5.73 Å². The molecule has 0 spiro atoms. The maximum Gasteiger partial charge on any atom is 0.0727 e. The minimum atomic E-state index is 0.609. The quantitative estimate of drug-likeness (QED) is 0.576. The average Bonchev–Trinajstić information content (AvgIpc) is 2.45. The van der Waals surface area contributed by atoms with Crippen LogP contribution in [0.1, 0.15) is 25.0 Å². The monoisotopic (exact) mass is 197 g/mol. The molecule has 1 aromatic rings. The molecule has 0 atom stereocenters. The molecule has 1 aromatic heterocycles. The summed E-state index contributed by atoms with van der Waals surface area (Å²) in [5.41, 5.74) is 6.59. The molecule has 0 aromatic carbocycles. The molecule has 0 amide bonds. The number of nitrogens with zero attached hydrogens (tertiary/aromatic N) is 2. The molecule has 0 aliphatic rings. The number of nitrogens with two attached hydrogens (primary N) is 1. The van der Waals surface area contributed by atoms with E-state index in [1.807, 2.05) is 16.9 Å². The molecule has 0 saturated heterocycles. The molecule has 4 heteroatoms. The Balaban J connectivity index is 2.20. The highest BCUT2D eigenvalue weighted by molar-refractivity contribution is 7.80. The predicted molar refractivity (Wildman–Crippen MR) is 57.6 cm³/mol. The highest BCUT2D eigenvalue weighted by Crippen LogP contribution is 2.01. The second kappa shape index (κ2) is 4.97. The van der Waals surface area contributed by atoms with E-state index in [4.69, 9.17) is 18.0 Å². The predicted octanol–water partition coefficient (Wildman–Crippen LogP) is 1.65. The summed E-state index contributed by atoms with van der Waals surface area (Å²) in [6.07, 6.45) is 4.80. The third kappa shape index (κ3) is 3.55. The van der Waals surface area contributed by atoms with E-state index in [2.05, 4.69) is 12.0 Å². The lowest BCUT2D eigenvalue weighted by atomic mass is 10.2. The topological polar surface area (TPSA) is 43.8 Å². The molecular formula is C9H15N3S. The Bertz CT molecular complexity index is 280. The van der Waals surface area contributed by atoms with Crippen LogP contribution in [0.25, 0.3) is 0 Å². The van der Waals surface area contributed by atoms with Gasteiger partial charge in [-0.05, 0) is 32.3 Å². The minimum absolute atomic E-state index is 0.609. The Kier molecular flexibility index (Phi) is 3.89. The van der Waals surface area contributed by atoms with Crippen LogP contribution in [-0.2, 0) is 6.54 Å². The zero-order valence-corrected chi connectivity index (χ0v) is 8.68. The highest BCUT2D eigenvalue weighted by atomic mass is 32.1. The van der Waals surface area contributed by atoms with Gasteiger partial charge in [0.1, 0.15) is 0 Å². The first kappa shape index (κ1) is 10.2. The lowest BCUT2D eigenvalue weighted by Gasteiger charge is -2.03. The molecule has 13 heavy (non-hydrogen) atoms. The van der Waals surface area contributed by atoms with Gasteiger partial charge in [-0.25, -0.2) is 0 Å². The van der Waals surface area contributed by atoms with Crippen molar-refractivity contribution in [2.45, 2.75) is 32.7 Å². The fraction of sp³-hybridized carbons (Fsp3) is 0.556. The summed E-state index contributed by atoms with van der Waals surface area (Å²) in [5, 5.41) is 4.19. The van der Waals surface area contributed by atoms with Crippen LogP contribution >= 0.6 is 12.2 Å². The standard InChI is InChI=1S/C9H15N3S/c1-8-5-6-11-12(8)7-3-2-4-9(10)13/h5-6H,2-4,7H2,1H3,(H2,10,13).